The summed E-state index contributed by atoms with van der Waals surface area (Å²) in [7, 11) is 0. The minimum absolute atomic E-state index is 0.0880. The highest BCUT2D eigenvalue weighted by molar-refractivity contribution is 6.34. The van der Waals surface area contributed by atoms with Crippen molar-refractivity contribution in [3.05, 3.63) is 69.2 Å². The van der Waals surface area contributed by atoms with Crippen molar-refractivity contribution in [2.75, 3.05) is 5.01 Å². The first-order chi connectivity index (χ1) is 11.9. The van der Waals surface area contributed by atoms with E-state index in [1.165, 1.54) is 17.1 Å². The molecule has 0 aliphatic carbocycles. The molecule has 0 atom stereocenters. The number of benzene rings is 2. The van der Waals surface area contributed by atoms with E-state index in [4.69, 9.17) is 23.2 Å². The van der Waals surface area contributed by atoms with E-state index in [-0.39, 0.29) is 16.5 Å². The van der Waals surface area contributed by atoms with Crippen LogP contribution in [0.3, 0.4) is 0 Å². The summed E-state index contributed by atoms with van der Waals surface area (Å²) in [6.07, 6.45) is 1.71. The fraction of sp³-hybridized carbons (Fsp3) is 0.0556. The summed E-state index contributed by atoms with van der Waals surface area (Å²) >= 11 is 11.7. The molecule has 2 aromatic carbocycles. The van der Waals surface area contributed by atoms with E-state index in [1.54, 1.807) is 43.3 Å². The summed E-state index contributed by atoms with van der Waals surface area (Å²) in [5.74, 6) is -1.51. The van der Waals surface area contributed by atoms with E-state index in [2.05, 4.69) is 5.10 Å². The predicted octanol–water partition coefficient (Wildman–Crippen LogP) is 4.50. The van der Waals surface area contributed by atoms with E-state index >= 15 is 0 Å². The monoisotopic (exact) mass is 374 g/mol. The Morgan fingerprint density at radius 2 is 1.84 bits per heavy atom. The molecule has 0 fully saturated rings. The fourth-order valence-corrected chi connectivity index (χ4v) is 2.72. The Balaban J connectivity index is 1.96. The van der Waals surface area contributed by atoms with Crippen molar-refractivity contribution in [1.29, 1.82) is 0 Å². The number of hydrogen-bond donors (Lipinski definition) is 1. The lowest BCUT2D eigenvalue weighted by Gasteiger charge is -2.13. The molecule has 0 radical (unpaired) electrons. The quantitative estimate of drug-likeness (QED) is 0.804. The normalized spacial score (nSPS) is 15.6. The summed E-state index contributed by atoms with van der Waals surface area (Å²) in [6, 6.07) is 11.4. The van der Waals surface area contributed by atoms with Crippen molar-refractivity contribution < 1.29 is 14.7 Å². The van der Waals surface area contributed by atoms with Crippen LogP contribution in [0.25, 0.3) is 6.08 Å². The molecule has 0 saturated heterocycles. The fourth-order valence-electron chi connectivity index (χ4n) is 2.39. The lowest BCUT2D eigenvalue weighted by Crippen LogP contribution is -2.21. The number of carbonyl (C=O) groups excluding carboxylic acids is 1. The molecule has 1 amide bonds. The summed E-state index contributed by atoms with van der Waals surface area (Å²) in [6.45, 7) is 1.72. The summed E-state index contributed by atoms with van der Waals surface area (Å²) in [5, 5.41) is 15.3. The van der Waals surface area contributed by atoms with Crippen LogP contribution < -0.4 is 5.01 Å². The molecule has 0 saturated carbocycles. The summed E-state index contributed by atoms with van der Waals surface area (Å²) < 4.78 is 0. The van der Waals surface area contributed by atoms with Gasteiger partial charge in [-0.15, -0.1) is 0 Å². The van der Waals surface area contributed by atoms with Crippen LogP contribution >= 0.6 is 23.2 Å². The number of hydrazone groups is 1. The van der Waals surface area contributed by atoms with Crippen molar-refractivity contribution >= 4 is 52.6 Å². The Kier molecular flexibility index (Phi) is 4.61. The zero-order valence-corrected chi connectivity index (χ0v) is 14.5. The molecule has 1 aliphatic rings. The molecule has 126 valence electrons. The van der Waals surface area contributed by atoms with Gasteiger partial charge in [0, 0.05) is 5.02 Å². The number of carbonyl (C=O) groups is 2. The van der Waals surface area contributed by atoms with E-state index in [9.17, 15) is 14.7 Å². The Labute approximate surface area is 153 Å². The Hall–Kier alpha value is -2.63. The number of hydrogen-bond acceptors (Lipinski definition) is 3. The van der Waals surface area contributed by atoms with Crippen LogP contribution in [0.15, 0.2) is 53.1 Å². The van der Waals surface area contributed by atoms with Gasteiger partial charge in [0.1, 0.15) is 0 Å². The van der Waals surface area contributed by atoms with Crippen molar-refractivity contribution in [2.45, 2.75) is 6.92 Å². The molecule has 1 heterocycles. The molecule has 1 aliphatic heterocycles. The number of rotatable bonds is 3. The first-order valence-electron chi connectivity index (χ1n) is 7.27. The third kappa shape index (κ3) is 3.43. The highest BCUT2D eigenvalue weighted by atomic mass is 35.5. The molecule has 7 heteroatoms. The number of amides is 1. The highest BCUT2D eigenvalue weighted by Crippen LogP contribution is 2.28. The predicted molar refractivity (Wildman–Crippen MR) is 98.4 cm³/mol. The first-order valence-corrected chi connectivity index (χ1v) is 8.02. The number of nitrogens with zero attached hydrogens (tertiary/aromatic N) is 2. The van der Waals surface area contributed by atoms with Gasteiger partial charge in [-0.1, -0.05) is 35.3 Å². The number of carboxylic acids is 1. The maximum absolute atomic E-state index is 12.7. The molecule has 5 nitrogen and oxygen atoms in total. The largest absolute Gasteiger partial charge is 0.478 e. The van der Waals surface area contributed by atoms with Crippen LogP contribution in [-0.2, 0) is 4.79 Å². The van der Waals surface area contributed by atoms with Gasteiger partial charge in [0.25, 0.3) is 5.91 Å². The first kappa shape index (κ1) is 17.2. The van der Waals surface area contributed by atoms with Gasteiger partial charge >= 0.3 is 5.97 Å². The molecule has 0 bridgehead atoms. The van der Waals surface area contributed by atoms with Gasteiger partial charge in [-0.25, -0.2) is 4.79 Å². The van der Waals surface area contributed by atoms with Crippen LogP contribution in [0.5, 0.6) is 0 Å². The van der Waals surface area contributed by atoms with Gasteiger partial charge in [0.15, 0.2) is 0 Å². The molecular formula is C18H12Cl2N2O3. The van der Waals surface area contributed by atoms with E-state index < -0.39 is 5.97 Å². The van der Waals surface area contributed by atoms with Gasteiger partial charge in [-0.2, -0.15) is 10.1 Å². The second kappa shape index (κ2) is 6.70. The highest BCUT2D eigenvalue weighted by Gasteiger charge is 2.29. The standard InChI is InChI=1S/C18H12Cl2N2O3/c1-10-14(8-11-2-4-12(19)5-3-11)17(23)22(21-10)13-6-7-16(20)15(9-13)18(24)25/h2-9H,1H3,(H,24,25)/b14-8+. The third-order valence-corrected chi connectivity index (χ3v) is 4.25. The number of anilines is 1. The topological polar surface area (TPSA) is 70.0 Å². The van der Waals surface area contributed by atoms with Crippen LogP contribution in [0, 0.1) is 0 Å². The second-order valence-electron chi connectivity index (χ2n) is 5.38. The van der Waals surface area contributed by atoms with Gasteiger partial charge in [0.2, 0.25) is 0 Å². The second-order valence-corrected chi connectivity index (χ2v) is 6.22. The van der Waals surface area contributed by atoms with Crippen molar-refractivity contribution in [3.63, 3.8) is 0 Å². The molecular weight excluding hydrogens is 363 g/mol. The molecule has 0 aromatic heterocycles. The van der Waals surface area contributed by atoms with Crippen LogP contribution in [0.1, 0.15) is 22.8 Å². The summed E-state index contributed by atoms with van der Waals surface area (Å²) in [5.41, 5.74) is 2.02. The lowest BCUT2D eigenvalue weighted by molar-refractivity contribution is -0.114. The van der Waals surface area contributed by atoms with Gasteiger partial charge in [-0.3, -0.25) is 4.79 Å². The number of halogens is 2. The molecule has 0 spiro atoms. The van der Waals surface area contributed by atoms with E-state index in [0.717, 1.165) is 5.56 Å². The lowest BCUT2D eigenvalue weighted by atomic mass is 10.1. The maximum atomic E-state index is 12.7. The Morgan fingerprint density at radius 3 is 2.48 bits per heavy atom. The molecule has 3 rings (SSSR count). The molecule has 2 aromatic rings. The minimum atomic E-state index is -1.17. The maximum Gasteiger partial charge on any atom is 0.337 e. The number of aromatic carboxylic acids is 1. The Bertz CT molecular complexity index is 934. The van der Waals surface area contributed by atoms with Crippen molar-refractivity contribution in [1.82, 2.24) is 0 Å². The van der Waals surface area contributed by atoms with Crippen LogP contribution in [0.2, 0.25) is 10.0 Å². The molecule has 1 N–H and O–H groups in total. The average molecular weight is 375 g/mol. The van der Waals surface area contributed by atoms with Crippen molar-refractivity contribution in [3.8, 4) is 0 Å². The molecule has 0 unspecified atom stereocenters. The number of carboxylic acid groups (broad SMARTS) is 1. The zero-order valence-electron chi connectivity index (χ0n) is 13.0. The van der Waals surface area contributed by atoms with Crippen molar-refractivity contribution in [2.24, 2.45) is 5.10 Å². The Morgan fingerprint density at radius 1 is 1.16 bits per heavy atom. The third-order valence-electron chi connectivity index (χ3n) is 3.67. The van der Waals surface area contributed by atoms with Gasteiger partial charge in [0.05, 0.1) is 27.6 Å². The molecule has 25 heavy (non-hydrogen) atoms. The zero-order chi connectivity index (χ0) is 18.1. The summed E-state index contributed by atoms with van der Waals surface area (Å²) in [4.78, 5) is 23.9. The van der Waals surface area contributed by atoms with Crippen LogP contribution in [0.4, 0.5) is 5.69 Å². The smallest absolute Gasteiger partial charge is 0.337 e. The average Bonchev–Trinajstić information content (AvgIpc) is 2.85. The van der Waals surface area contributed by atoms with E-state index in [0.29, 0.717) is 22.0 Å². The SMILES string of the molecule is CC1=NN(c2ccc(Cl)c(C(=O)O)c2)C(=O)/C1=C/c1ccc(Cl)cc1. The van der Waals surface area contributed by atoms with Crippen LogP contribution in [-0.4, -0.2) is 22.7 Å². The minimum Gasteiger partial charge on any atom is -0.478 e. The van der Waals surface area contributed by atoms with Gasteiger partial charge < -0.3 is 5.11 Å². The van der Waals surface area contributed by atoms with Gasteiger partial charge in [-0.05, 0) is 48.9 Å². The van der Waals surface area contributed by atoms with E-state index in [1.807, 2.05) is 0 Å².